The van der Waals surface area contributed by atoms with Crippen LogP contribution >= 0.6 is 43.2 Å². The first-order chi connectivity index (χ1) is 9.56. The van der Waals surface area contributed by atoms with Crippen LogP contribution in [0.25, 0.3) is 0 Å². The highest BCUT2D eigenvalue weighted by atomic mass is 79.9. The average Bonchev–Trinajstić information content (AvgIpc) is 2.77. The molecule has 0 atom stereocenters. The van der Waals surface area contributed by atoms with E-state index >= 15 is 0 Å². The molecule has 3 N–H and O–H groups in total. The van der Waals surface area contributed by atoms with Crippen LogP contribution in [-0.2, 0) is 0 Å². The number of halogens is 2. The van der Waals surface area contributed by atoms with Crippen LogP contribution in [0.3, 0.4) is 0 Å². The van der Waals surface area contributed by atoms with E-state index in [1.54, 1.807) is 30.3 Å². The number of nitrogens with one attached hydrogen (secondary N) is 1. The van der Waals surface area contributed by atoms with Gasteiger partial charge in [-0.2, -0.15) is 0 Å². The normalized spacial score (nSPS) is 10.3. The Morgan fingerprint density at radius 2 is 2.00 bits per heavy atom. The number of hydrogen-bond donors (Lipinski definition) is 2. The zero-order valence-electron chi connectivity index (χ0n) is 10.4. The van der Waals surface area contributed by atoms with Gasteiger partial charge in [-0.05, 0) is 62.2 Å². The van der Waals surface area contributed by atoms with Gasteiger partial charge in [0.25, 0.3) is 5.91 Å². The quantitative estimate of drug-likeness (QED) is 0.574. The van der Waals surface area contributed by atoms with Crippen LogP contribution in [0.2, 0.25) is 0 Å². The van der Waals surface area contributed by atoms with E-state index in [9.17, 15) is 4.79 Å². The maximum absolute atomic E-state index is 11.9. The second-order valence-corrected chi connectivity index (χ2v) is 7.13. The first-order valence-electron chi connectivity index (χ1n) is 5.77. The number of anilines is 1. The van der Waals surface area contributed by atoms with Crippen LogP contribution in [0.4, 0.5) is 5.69 Å². The lowest BCUT2D eigenvalue weighted by Crippen LogP contribution is -2.27. The van der Waals surface area contributed by atoms with Gasteiger partial charge in [-0.1, -0.05) is 0 Å². The van der Waals surface area contributed by atoms with Gasteiger partial charge in [0.2, 0.25) is 0 Å². The van der Waals surface area contributed by atoms with E-state index in [0.717, 1.165) is 14.0 Å². The maximum Gasteiger partial charge on any atom is 0.261 e. The summed E-state index contributed by atoms with van der Waals surface area (Å²) in [4.78, 5) is 12.5. The van der Waals surface area contributed by atoms with Crippen molar-refractivity contribution in [1.82, 2.24) is 5.32 Å². The second kappa shape index (κ2) is 7.10. The minimum Gasteiger partial charge on any atom is -0.492 e. The van der Waals surface area contributed by atoms with Crippen molar-refractivity contribution in [2.24, 2.45) is 0 Å². The Balaban J connectivity index is 1.75. The molecule has 0 radical (unpaired) electrons. The van der Waals surface area contributed by atoms with Crippen molar-refractivity contribution in [3.05, 3.63) is 43.5 Å². The molecule has 1 aromatic carbocycles. The minimum absolute atomic E-state index is 0.109. The van der Waals surface area contributed by atoms with Crippen LogP contribution in [0.15, 0.2) is 38.6 Å². The van der Waals surface area contributed by atoms with Gasteiger partial charge in [-0.3, -0.25) is 4.79 Å². The summed E-state index contributed by atoms with van der Waals surface area (Å²) in [7, 11) is 0. The molecule has 0 spiro atoms. The van der Waals surface area contributed by atoms with Crippen molar-refractivity contribution < 1.29 is 9.53 Å². The summed E-state index contributed by atoms with van der Waals surface area (Å²) in [5.74, 6) is 0.623. The molecular formula is C13H12Br2N2O2S. The Bertz CT molecular complexity index is 579. The fourth-order valence-corrected chi connectivity index (χ4v) is 3.40. The summed E-state index contributed by atoms with van der Waals surface area (Å²) in [6, 6.07) is 8.92. The van der Waals surface area contributed by atoms with Crippen molar-refractivity contribution in [3.63, 3.8) is 0 Å². The van der Waals surface area contributed by atoms with Crippen molar-refractivity contribution in [2.75, 3.05) is 18.9 Å². The number of benzene rings is 1. The SMILES string of the molecule is Nc1ccc(OCCNC(=O)c2cc(Br)c(Br)s2)cc1. The van der Waals surface area contributed by atoms with E-state index in [1.807, 2.05) is 0 Å². The Kier molecular flexibility index (Phi) is 5.45. The largest absolute Gasteiger partial charge is 0.492 e. The maximum atomic E-state index is 11.9. The Labute approximate surface area is 137 Å². The number of amides is 1. The van der Waals surface area contributed by atoms with Gasteiger partial charge in [-0.15, -0.1) is 11.3 Å². The lowest BCUT2D eigenvalue weighted by atomic mass is 10.3. The first kappa shape index (κ1) is 15.3. The summed E-state index contributed by atoms with van der Waals surface area (Å²) in [5.41, 5.74) is 6.27. The standard InChI is InChI=1S/C13H12Br2N2O2S/c14-10-7-11(20-12(10)15)13(18)17-5-6-19-9-3-1-8(16)2-4-9/h1-4,7H,5-6,16H2,(H,17,18). The summed E-state index contributed by atoms with van der Waals surface area (Å²) in [6.45, 7) is 0.847. The van der Waals surface area contributed by atoms with E-state index in [-0.39, 0.29) is 5.91 Å². The van der Waals surface area contributed by atoms with E-state index in [4.69, 9.17) is 10.5 Å². The molecular weight excluding hydrogens is 408 g/mol. The molecule has 2 aromatic rings. The first-order valence-corrected chi connectivity index (χ1v) is 8.18. The number of ether oxygens (including phenoxy) is 1. The summed E-state index contributed by atoms with van der Waals surface area (Å²) in [5, 5.41) is 2.80. The molecule has 0 bridgehead atoms. The van der Waals surface area contributed by atoms with E-state index in [1.165, 1.54) is 11.3 Å². The predicted molar refractivity (Wildman–Crippen MR) is 88.4 cm³/mol. The second-order valence-electron chi connectivity index (χ2n) is 3.91. The molecule has 1 amide bonds. The molecule has 7 heteroatoms. The zero-order chi connectivity index (χ0) is 14.5. The number of carbonyl (C=O) groups excluding carboxylic acids is 1. The third-order valence-electron chi connectivity index (χ3n) is 2.41. The molecule has 1 heterocycles. The van der Waals surface area contributed by atoms with Crippen molar-refractivity contribution in [2.45, 2.75) is 0 Å². The summed E-state index contributed by atoms with van der Waals surface area (Å²) < 4.78 is 7.27. The molecule has 0 saturated heterocycles. The molecule has 0 unspecified atom stereocenters. The van der Waals surface area contributed by atoms with Gasteiger partial charge in [0.1, 0.15) is 12.4 Å². The molecule has 0 aliphatic heterocycles. The molecule has 1 aromatic heterocycles. The summed E-state index contributed by atoms with van der Waals surface area (Å²) >= 11 is 8.09. The number of rotatable bonds is 5. The highest BCUT2D eigenvalue weighted by Crippen LogP contribution is 2.32. The Morgan fingerprint density at radius 1 is 1.30 bits per heavy atom. The summed E-state index contributed by atoms with van der Waals surface area (Å²) in [6.07, 6.45) is 0. The number of carbonyl (C=O) groups is 1. The third kappa shape index (κ3) is 4.22. The van der Waals surface area contributed by atoms with Gasteiger partial charge in [0, 0.05) is 10.2 Å². The van der Waals surface area contributed by atoms with Crippen molar-refractivity contribution >= 4 is 54.8 Å². The van der Waals surface area contributed by atoms with Crippen molar-refractivity contribution in [1.29, 1.82) is 0 Å². The minimum atomic E-state index is -0.109. The Hall–Kier alpha value is -1.05. The van der Waals surface area contributed by atoms with Crippen LogP contribution in [0, 0.1) is 0 Å². The molecule has 106 valence electrons. The van der Waals surface area contributed by atoms with E-state index in [2.05, 4.69) is 37.2 Å². The highest BCUT2D eigenvalue weighted by molar-refractivity contribution is 9.13. The fourth-order valence-electron chi connectivity index (χ4n) is 1.44. The van der Waals surface area contributed by atoms with Gasteiger partial charge < -0.3 is 15.8 Å². The highest BCUT2D eigenvalue weighted by Gasteiger charge is 2.11. The molecule has 0 aliphatic carbocycles. The molecule has 2 rings (SSSR count). The lowest BCUT2D eigenvalue weighted by Gasteiger charge is -2.07. The molecule has 0 fully saturated rings. The molecule has 0 saturated carbocycles. The smallest absolute Gasteiger partial charge is 0.261 e. The third-order valence-corrected chi connectivity index (χ3v) is 5.66. The number of hydrogen-bond acceptors (Lipinski definition) is 4. The monoisotopic (exact) mass is 418 g/mol. The molecule has 4 nitrogen and oxygen atoms in total. The topological polar surface area (TPSA) is 64.3 Å². The number of thiophene rings is 1. The van der Waals surface area contributed by atoms with E-state index < -0.39 is 0 Å². The number of nitrogen functional groups attached to an aromatic ring is 1. The predicted octanol–water partition coefficient (Wildman–Crippen LogP) is 3.66. The van der Waals surface area contributed by atoms with Crippen LogP contribution in [0.5, 0.6) is 5.75 Å². The average molecular weight is 420 g/mol. The van der Waals surface area contributed by atoms with Crippen LogP contribution in [0.1, 0.15) is 9.67 Å². The lowest BCUT2D eigenvalue weighted by molar-refractivity contribution is 0.0951. The van der Waals surface area contributed by atoms with Gasteiger partial charge in [0.15, 0.2) is 0 Å². The van der Waals surface area contributed by atoms with E-state index in [0.29, 0.717) is 23.7 Å². The van der Waals surface area contributed by atoms with Gasteiger partial charge in [0.05, 0.1) is 15.2 Å². The molecule has 0 aliphatic rings. The zero-order valence-corrected chi connectivity index (χ0v) is 14.3. The Morgan fingerprint density at radius 3 is 2.60 bits per heavy atom. The fraction of sp³-hybridized carbons (Fsp3) is 0.154. The van der Waals surface area contributed by atoms with Crippen LogP contribution < -0.4 is 15.8 Å². The number of nitrogens with two attached hydrogens (primary N) is 1. The van der Waals surface area contributed by atoms with Gasteiger partial charge in [-0.25, -0.2) is 0 Å². The molecule has 20 heavy (non-hydrogen) atoms. The van der Waals surface area contributed by atoms with Gasteiger partial charge >= 0.3 is 0 Å². The van der Waals surface area contributed by atoms with Crippen LogP contribution in [-0.4, -0.2) is 19.1 Å². The van der Waals surface area contributed by atoms with Crippen molar-refractivity contribution in [3.8, 4) is 5.75 Å².